The van der Waals surface area contributed by atoms with Gasteiger partial charge in [-0.05, 0) is 22.9 Å². The van der Waals surface area contributed by atoms with Gasteiger partial charge in [0, 0.05) is 17.3 Å². The maximum absolute atomic E-state index is 6.56. The molecule has 0 heterocycles. The Hall–Kier alpha value is -1.57. The Kier molecular flexibility index (Phi) is 3.41. The van der Waals surface area contributed by atoms with Gasteiger partial charge in [0.2, 0.25) is 0 Å². The maximum Gasteiger partial charge on any atom is 0.0562 e. The van der Waals surface area contributed by atoms with E-state index < -0.39 is 0 Å². The standard InChI is InChI=1S/C17H16ClN/c1-2-19-11-16-12-7-3-5-9-14(12)17(18)15-10-6-4-8-13(15)16/h3-10,19H,2,11H2,1H3. The highest BCUT2D eigenvalue weighted by molar-refractivity contribution is 6.41. The van der Waals surface area contributed by atoms with Crippen molar-refractivity contribution in [3.63, 3.8) is 0 Å². The van der Waals surface area contributed by atoms with Gasteiger partial charge in [0.15, 0.2) is 0 Å². The lowest BCUT2D eigenvalue weighted by atomic mass is 9.96. The Morgan fingerprint density at radius 2 is 1.32 bits per heavy atom. The zero-order valence-electron chi connectivity index (χ0n) is 10.9. The van der Waals surface area contributed by atoms with E-state index in [0.29, 0.717) is 0 Å². The second-order valence-corrected chi connectivity index (χ2v) is 5.04. The Balaban J connectivity index is 2.42. The summed E-state index contributed by atoms with van der Waals surface area (Å²) in [6.45, 7) is 3.96. The molecule has 0 unspecified atom stereocenters. The van der Waals surface area contributed by atoms with Crippen LogP contribution >= 0.6 is 11.6 Å². The minimum absolute atomic E-state index is 0.853. The van der Waals surface area contributed by atoms with E-state index in [1.54, 1.807) is 0 Å². The largest absolute Gasteiger partial charge is 0.313 e. The molecule has 0 saturated carbocycles. The Labute approximate surface area is 118 Å². The van der Waals surface area contributed by atoms with E-state index in [9.17, 15) is 0 Å². The molecule has 3 aromatic rings. The molecular weight excluding hydrogens is 254 g/mol. The Bertz CT molecular complexity index is 677. The van der Waals surface area contributed by atoms with Crippen LogP contribution in [0.3, 0.4) is 0 Å². The summed E-state index contributed by atoms with van der Waals surface area (Å²) in [4.78, 5) is 0. The average Bonchev–Trinajstić information content (AvgIpc) is 2.47. The molecular formula is C17H16ClN. The molecule has 0 spiro atoms. The number of benzene rings is 3. The van der Waals surface area contributed by atoms with Crippen LogP contribution in [-0.2, 0) is 6.54 Å². The van der Waals surface area contributed by atoms with Crippen molar-refractivity contribution >= 4 is 33.1 Å². The third-order valence-electron chi connectivity index (χ3n) is 3.53. The van der Waals surface area contributed by atoms with Gasteiger partial charge in [-0.15, -0.1) is 0 Å². The number of rotatable bonds is 3. The highest BCUT2D eigenvalue weighted by Gasteiger charge is 2.11. The van der Waals surface area contributed by atoms with E-state index >= 15 is 0 Å². The van der Waals surface area contributed by atoms with Gasteiger partial charge in [0.25, 0.3) is 0 Å². The van der Waals surface area contributed by atoms with Gasteiger partial charge in [-0.25, -0.2) is 0 Å². The van der Waals surface area contributed by atoms with E-state index in [4.69, 9.17) is 11.6 Å². The molecule has 0 atom stereocenters. The molecule has 0 radical (unpaired) electrons. The molecule has 3 aromatic carbocycles. The summed E-state index contributed by atoms with van der Waals surface area (Å²) in [7, 11) is 0. The van der Waals surface area contributed by atoms with Crippen molar-refractivity contribution in [2.75, 3.05) is 6.54 Å². The van der Waals surface area contributed by atoms with Gasteiger partial charge >= 0.3 is 0 Å². The Morgan fingerprint density at radius 3 is 1.79 bits per heavy atom. The minimum Gasteiger partial charge on any atom is -0.313 e. The lowest BCUT2D eigenvalue weighted by Crippen LogP contribution is -2.12. The molecule has 0 fully saturated rings. The summed E-state index contributed by atoms with van der Waals surface area (Å²) in [6, 6.07) is 16.7. The second kappa shape index (κ2) is 5.20. The molecule has 0 bridgehead atoms. The molecule has 0 saturated heterocycles. The molecule has 0 aliphatic rings. The van der Waals surface area contributed by atoms with Crippen molar-refractivity contribution in [3.8, 4) is 0 Å². The van der Waals surface area contributed by atoms with Crippen LogP contribution < -0.4 is 5.32 Å². The van der Waals surface area contributed by atoms with Gasteiger partial charge in [0.1, 0.15) is 0 Å². The molecule has 0 aliphatic carbocycles. The number of halogens is 1. The zero-order valence-corrected chi connectivity index (χ0v) is 11.7. The van der Waals surface area contributed by atoms with Crippen molar-refractivity contribution in [1.29, 1.82) is 0 Å². The smallest absolute Gasteiger partial charge is 0.0562 e. The van der Waals surface area contributed by atoms with E-state index in [1.807, 2.05) is 12.1 Å². The quantitative estimate of drug-likeness (QED) is 0.676. The number of hydrogen-bond acceptors (Lipinski definition) is 1. The van der Waals surface area contributed by atoms with Crippen LogP contribution in [0.1, 0.15) is 12.5 Å². The summed E-state index contributed by atoms with van der Waals surface area (Å²) in [5.74, 6) is 0. The van der Waals surface area contributed by atoms with Crippen LogP contribution in [-0.4, -0.2) is 6.54 Å². The monoisotopic (exact) mass is 269 g/mol. The van der Waals surface area contributed by atoms with E-state index in [1.165, 1.54) is 16.3 Å². The van der Waals surface area contributed by atoms with E-state index in [0.717, 1.165) is 28.9 Å². The molecule has 96 valence electrons. The van der Waals surface area contributed by atoms with Crippen LogP contribution in [0.15, 0.2) is 48.5 Å². The van der Waals surface area contributed by atoms with Crippen LogP contribution in [0.2, 0.25) is 5.02 Å². The molecule has 2 heteroatoms. The van der Waals surface area contributed by atoms with Crippen molar-refractivity contribution in [3.05, 3.63) is 59.1 Å². The van der Waals surface area contributed by atoms with Gasteiger partial charge < -0.3 is 5.32 Å². The molecule has 1 N–H and O–H groups in total. The topological polar surface area (TPSA) is 12.0 Å². The predicted octanol–water partition coefficient (Wildman–Crippen LogP) is 4.76. The normalized spacial score (nSPS) is 11.3. The fourth-order valence-electron chi connectivity index (χ4n) is 2.61. The third-order valence-corrected chi connectivity index (χ3v) is 3.94. The van der Waals surface area contributed by atoms with Crippen LogP contribution in [0.4, 0.5) is 0 Å². The fraction of sp³-hybridized carbons (Fsp3) is 0.176. The summed E-state index contributed by atoms with van der Waals surface area (Å²) in [5, 5.41) is 9.03. The number of nitrogens with one attached hydrogen (secondary N) is 1. The third kappa shape index (κ3) is 2.09. The molecule has 0 amide bonds. The van der Waals surface area contributed by atoms with Crippen molar-refractivity contribution in [2.45, 2.75) is 13.5 Å². The van der Waals surface area contributed by atoms with Gasteiger partial charge in [-0.3, -0.25) is 0 Å². The number of hydrogen-bond donors (Lipinski definition) is 1. The lowest BCUT2D eigenvalue weighted by Gasteiger charge is -2.13. The SMILES string of the molecule is CCNCc1c2ccccc2c(Cl)c2ccccc12. The summed E-state index contributed by atoms with van der Waals surface area (Å²) < 4.78 is 0. The van der Waals surface area contributed by atoms with Crippen molar-refractivity contribution in [2.24, 2.45) is 0 Å². The zero-order chi connectivity index (χ0) is 13.2. The first kappa shape index (κ1) is 12.5. The summed E-state index contributed by atoms with van der Waals surface area (Å²) in [5.41, 5.74) is 1.33. The first-order valence-corrected chi connectivity index (χ1v) is 6.99. The highest BCUT2D eigenvalue weighted by atomic mass is 35.5. The maximum atomic E-state index is 6.56. The molecule has 3 rings (SSSR count). The van der Waals surface area contributed by atoms with Crippen LogP contribution in [0.25, 0.3) is 21.5 Å². The molecule has 1 nitrogen and oxygen atoms in total. The van der Waals surface area contributed by atoms with Gasteiger partial charge in [-0.2, -0.15) is 0 Å². The van der Waals surface area contributed by atoms with Gasteiger partial charge in [-0.1, -0.05) is 67.1 Å². The molecule has 0 aliphatic heterocycles. The predicted molar refractivity (Wildman–Crippen MR) is 83.8 cm³/mol. The van der Waals surface area contributed by atoms with Crippen LogP contribution in [0.5, 0.6) is 0 Å². The van der Waals surface area contributed by atoms with Crippen LogP contribution in [0, 0.1) is 0 Å². The molecule has 0 aromatic heterocycles. The number of fused-ring (bicyclic) bond motifs is 2. The van der Waals surface area contributed by atoms with E-state index in [-0.39, 0.29) is 0 Å². The van der Waals surface area contributed by atoms with Crippen molar-refractivity contribution < 1.29 is 0 Å². The second-order valence-electron chi connectivity index (χ2n) is 4.66. The fourth-order valence-corrected chi connectivity index (χ4v) is 2.94. The first-order valence-electron chi connectivity index (χ1n) is 6.61. The van der Waals surface area contributed by atoms with E-state index in [2.05, 4.69) is 48.6 Å². The first-order chi connectivity index (χ1) is 9.33. The van der Waals surface area contributed by atoms with Crippen molar-refractivity contribution in [1.82, 2.24) is 5.32 Å². The average molecular weight is 270 g/mol. The van der Waals surface area contributed by atoms with Gasteiger partial charge in [0.05, 0.1) is 5.02 Å². The molecule has 19 heavy (non-hydrogen) atoms. The summed E-state index contributed by atoms with van der Waals surface area (Å²) >= 11 is 6.56. The Morgan fingerprint density at radius 1 is 0.842 bits per heavy atom. The lowest BCUT2D eigenvalue weighted by molar-refractivity contribution is 0.734. The summed E-state index contributed by atoms with van der Waals surface area (Å²) in [6.07, 6.45) is 0. The minimum atomic E-state index is 0.853. The highest BCUT2D eigenvalue weighted by Crippen LogP contribution is 2.35.